The minimum atomic E-state index is -1.39. The molecular weight excluding hydrogens is 456 g/mol. The van der Waals surface area contributed by atoms with Gasteiger partial charge in [-0.25, -0.2) is 0 Å². The Bertz CT molecular complexity index is 1490. The number of rotatable bonds is 4. The summed E-state index contributed by atoms with van der Waals surface area (Å²) in [5.74, 6) is -0.351. The van der Waals surface area contributed by atoms with Crippen molar-refractivity contribution in [2.24, 2.45) is 0 Å². The van der Waals surface area contributed by atoms with Gasteiger partial charge in [-0.05, 0) is 34.2 Å². The third kappa shape index (κ3) is 3.51. The molecule has 0 fully saturated rings. The van der Waals surface area contributed by atoms with E-state index in [9.17, 15) is 9.59 Å². The van der Waals surface area contributed by atoms with Crippen molar-refractivity contribution >= 4 is 23.2 Å². The van der Waals surface area contributed by atoms with E-state index in [1.807, 2.05) is 91.0 Å². The van der Waals surface area contributed by atoms with E-state index in [1.165, 1.54) is 0 Å². The highest BCUT2D eigenvalue weighted by Crippen LogP contribution is 2.55. The van der Waals surface area contributed by atoms with E-state index in [-0.39, 0.29) is 17.2 Å². The summed E-state index contributed by atoms with van der Waals surface area (Å²) >= 11 is 0. The van der Waals surface area contributed by atoms with Crippen LogP contribution in [-0.4, -0.2) is 11.8 Å². The average Bonchev–Trinajstić information content (AvgIpc) is 3.29. The number of anilines is 2. The van der Waals surface area contributed by atoms with E-state index in [4.69, 9.17) is 0 Å². The maximum absolute atomic E-state index is 14.6. The van der Waals surface area contributed by atoms with Gasteiger partial charge in [-0.2, -0.15) is 0 Å². The molecule has 2 heterocycles. The number of benzene rings is 4. The largest absolute Gasteiger partial charge is 0.306 e. The van der Waals surface area contributed by atoms with Gasteiger partial charge in [-0.3, -0.25) is 9.59 Å². The molecule has 0 radical (unpaired) electrons. The SMILES string of the molecule is CC(C)(C)c1ccc2c(c1)[C@@]1(C(=O)N(Cc3ccccc3)c3ccccc31)C(=O)N2Cc1ccccc1. The van der Waals surface area contributed by atoms with Crippen LogP contribution in [0.25, 0.3) is 0 Å². The van der Waals surface area contributed by atoms with Gasteiger partial charge in [0.15, 0.2) is 5.41 Å². The third-order valence-electron chi connectivity index (χ3n) is 7.66. The molecule has 37 heavy (non-hydrogen) atoms. The molecule has 0 saturated carbocycles. The van der Waals surface area contributed by atoms with Crippen molar-refractivity contribution in [3.8, 4) is 0 Å². The van der Waals surface area contributed by atoms with Crippen LogP contribution in [0.5, 0.6) is 0 Å². The Labute approximate surface area is 218 Å². The molecule has 4 aromatic carbocycles. The average molecular weight is 487 g/mol. The topological polar surface area (TPSA) is 40.6 Å². The summed E-state index contributed by atoms with van der Waals surface area (Å²) in [6.45, 7) is 7.31. The Hall–Kier alpha value is -4.18. The number of amides is 2. The molecule has 0 bridgehead atoms. The van der Waals surface area contributed by atoms with E-state index in [1.54, 1.807) is 9.80 Å². The quantitative estimate of drug-likeness (QED) is 0.315. The fourth-order valence-electron chi connectivity index (χ4n) is 5.73. The first-order chi connectivity index (χ1) is 17.8. The number of hydrogen-bond acceptors (Lipinski definition) is 2. The predicted octanol–water partition coefficient (Wildman–Crippen LogP) is 6.36. The van der Waals surface area contributed by atoms with Crippen LogP contribution in [0.3, 0.4) is 0 Å². The lowest BCUT2D eigenvalue weighted by atomic mass is 9.74. The lowest BCUT2D eigenvalue weighted by Gasteiger charge is -2.25. The second-order valence-corrected chi connectivity index (χ2v) is 11.0. The van der Waals surface area contributed by atoms with Crippen molar-refractivity contribution in [3.63, 3.8) is 0 Å². The molecule has 4 nitrogen and oxygen atoms in total. The Morgan fingerprint density at radius 3 is 1.62 bits per heavy atom. The molecule has 4 aromatic rings. The Kier molecular flexibility index (Phi) is 5.30. The van der Waals surface area contributed by atoms with Crippen LogP contribution < -0.4 is 9.80 Å². The summed E-state index contributed by atoms with van der Waals surface area (Å²) in [4.78, 5) is 32.8. The van der Waals surface area contributed by atoms with Crippen molar-refractivity contribution in [2.45, 2.75) is 44.7 Å². The molecule has 4 heteroatoms. The first kappa shape index (κ1) is 23.2. The molecule has 2 aliphatic heterocycles. The van der Waals surface area contributed by atoms with E-state index in [2.05, 4.69) is 32.9 Å². The lowest BCUT2D eigenvalue weighted by Crippen LogP contribution is -2.48. The fourth-order valence-corrected chi connectivity index (χ4v) is 5.73. The van der Waals surface area contributed by atoms with E-state index in [0.29, 0.717) is 13.1 Å². The number of fused-ring (bicyclic) bond motifs is 4. The minimum absolute atomic E-state index is 0.128. The fraction of sp³-hybridized carbons (Fsp3) is 0.212. The maximum atomic E-state index is 14.6. The predicted molar refractivity (Wildman–Crippen MR) is 148 cm³/mol. The molecule has 0 N–H and O–H groups in total. The van der Waals surface area contributed by atoms with E-state index < -0.39 is 5.41 Å². The van der Waals surface area contributed by atoms with Crippen LogP contribution in [0.4, 0.5) is 11.4 Å². The van der Waals surface area contributed by atoms with Crippen LogP contribution in [0.15, 0.2) is 103 Å². The van der Waals surface area contributed by atoms with Gasteiger partial charge < -0.3 is 9.80 Å². The first-order valence-electron chi connectivity index (χ1n) is 12.8. The molecule has 0 aromatic heterocycles. The zero-order valence-corrected chi connectivity index (χ0v) is 21.4. The first-order valence-corrected chi connectivity index (χ1v) is 12.8. The third-order valence-corrected chi connectivity index (χ3v) is 7.66. The number of carbonyl (C=O) groups is 2. The summed E-state index contributed by atoms with van der Waals surface area (Å²) in [6, 6.07) is 33.9. The van der Waals surface area contributed by atoms with Gasteiger partial charge in [0.1, 0.15) is 0 Å². The van der Waals surface area contributed by atoms with Gasteiger partial charge >= 0.3 is 0 Å². The highest BCUT2D eigenvalue weighted by atomic mass is 16.2. The van der Waals surface area contributed by atoms with Crippen LogP contribution >= 0.6 is 0 Å². The highest BCUT2D eigenvalue weighted by Gasteiger charge is 2.63. The van der Waals surface area contributed by atoms with Gasteiger partial charge in [0.05, 0.1) is 13.1 Å². The number of carbonyl (C=O) groups excluding carboxylic acids is 2. The Morgan fingerprint density at radius 2 is 1.08 bits per heavy atom. The highest BCUT2D eigenvalue weighted by molar-refractivity contribution is 6.31. The van der Waals surface area contributed by atoms with Crippen molar-refractivity contribution in [3.05, 3.63) is 131 Å². The van der Waals surface area contributed by atoms with Crippen molar-refractivity contribution < 1.29 is 9.59 Å². The molecule has 6 rings (SSSR count). The molecular formula is C33H30N2O2. The molecule has 0 unspecified atom stereocenters. The summed E-state index contributed by atoms with van der Waals surface area (Å²) in [5.41, 5.74) is 4.80. The Balaban J connectivity index is 1.56. The van der Waals surface area contributed by atoms with Gasteiger partial charge in [0.25, 0.3) is 11.8 Å². The van der Waals surface area contributed by atoms with Crippen LogP contribution in [0, 0.1) is 0 Å². The molecule has 1 atom stereocenters. The monoisotopic (exact) mass is 486 g/mol. The van der Waals surface area contributed by atoms with Gasteiger partial charge in [0, 0.05) is 22.5 Å². The number of hydrogen-bond donors (Lipinski definition) is 0. The lowest BCUT2D eigenvalue weighted by molar-refractivity contribution is -0.131. The summed E-state index contributed by atoms with van der Waals surface area (Å²) < 4.78 is 0. The van der Waals surface area contributed by atoms with Crippen LogP contribution in [0.1, 0.15) is 48.6 Å². The normalized spacial score (nSPS) is 18.5. The van der Waals surface area contributed by atoms with Crippen molar-refractivity contribution in [2.75, 3.05) is 9.80 Å². The zero-order chi connectivity index (χ0) is 25.8. The molecule has 2 amide bonds. The van der Waals surface area contributed by atoms with E-state index in [0.717, 1.165) is 39.2 Å². The summed E-state index contributed by atoms with van der Waals surface area (Å²) in [7, 11) is 0. The molecule has 2 aliphatic rings. The molecule has 1 spiro atoms. The number of para-hydroxylation sites is 1. The van der Waals surface area contributed by atoms with Gasteiger partial charge in [-0.1, -0.05) is 112 Å². The number of nitrogens with zero attached hydrogens (tertiary/aromatic N) is 2. The summed E-state index contributed by atoms with van der Waals surface area (Å²) in [5, 5.41) is 0. The second kappa shape index (κ2) is 8.45. The van der Waals surface area contributed by atoms with Crippen molar-refractivity contribution in [1.82, 2.24) is 0 Å². The van der Waals surface area contributed by atoms with Crippen LogP contribution in [0.2, 0.25) is 0 Å². The second-order valence-electron chi connectivity index (χ2n) is 11.0. The Morgan fingerprint density at radius 1 is 0.595 bits per heavy atom. The molecule has 0 saturated heterocycles. The zero-order valence-electron chi connectivity index (χ0n) is 21.4. The standard InChI is InChI=1S/C33H30N2O2/c1-32(2,3)25-18-19-29-27(20-25)33(31(37)35(29)22-24-14-8-5-9-15-24)26-16-10-11-17-28(26)34(30(33)36)21-23-12-6-4-7-13-23/h4-20H,21-22H2,1-3H3/t33-/m0/s1. The maximum Gasteiger partial charge on any atom is 0.252 e. The van der Waals surface area contributed by atoms with Gasteiger partial charge in [0.2, 0.25) is 0 Å². The van der Waals surface area contributed by atoms with E-state index >= 15 is 0 Å². The molecule has 0 aliphatic carbocycles. The smallest absolute Gasteiger partial charge is 0.252 e. The van der Waals surface area contributed by atoms with Crippen LogP contribution in [-0.2, 0) is 33.5 Å². The minimum Gasteiger partial charge on any atom is -0.306 e. The van der Waals surface area contributed by atoms with Gasteiger partial charge in [-0.15, -0.1) is 0 Å². The van der Waals surface area contributed by atoms with Crippen molar-refractivity contribution in [1.29, 1.82) is 0 Å². The summed E-state index contributed by atoms with van der Waals surface area (Å²) in [6.07, 6.45) is 0. The molecule has 184 valence electrons.